The minimum absolute atomic E-state index is 0.215. The molecule has 2 saturated heterocycles. The molecule has 4 atom stereocenters. The van der Waals surface area contributed by atoms with E-state index in [0.717, 1.165) is 4.90 Å². The predicted octanol–water partition coefficient (Wildman–Crippen LogP) is 1.26. The van der Waals surface area contributed by atoms with Crippen LogP contribution in [0, 0.1) is 11.8 Å². The van der Waals surface area contributed by atoms with Crippen molar-refractivity contribution >= 4 is 17.8 Å². The number of hydrogen-bond acceptors (Lipinski definition) is 6. The lowest BCUT2D eigenvalue weighted by molar-refractivity contribution is -0.156. The number of amides is 2. The van der Waals surface area contributed by atoms with Gasteiger partial charge in [-0.3, -0.25) is 24.6 Å². The fourth-order valence-electron chi connectivity index (χ4n) is 4.03. The maximum atomic E-state index is 12.8. The van der Waals surface area contributed by atoms with Gasteiger partial charge in [0.05, 0.1) is 30.7 Å². The second kappa shape index (κ2) is 6.05. The molecule has 2 amide bonds. The van der Waals surface area contributed by atoms with Crippen molar-refractivity contribution in [2.75, 3.05) is 13.7 Å². The first-order valence-corrected chi connectivity index (χ1v) is 8.27. The number of ether oxygens (including phenoxy) is 1. The summed E-state index contributed by atoms with van der Waals surface area (Å²) in [7, 11) is 1.46. The van der Waals surface area contributed by atoms with E-state index in [0.29, 0.717) is 18.6 Å². The lowest BCUT2D eigenvalue weighted by Gasteiger charge is -2.32. The zero-order chi connectivity index (χ0) is 17.5. The summed E-state index contributed by atoms with van der Waals surface area (Å²) in [5, 5.41) is 3.24. The van der Waals surface area contributed by atoms with E-state index in [1.54, 1.807) is 19.1 Å². The molecule has 130 valence electrons. The Morgan fingerprint density at radius 1 is 1.38 bits per heavy atom. The van der Waals surface area contributed by atoms with Crippen LogP contribution in [0.15, 0.2) is 22.8 Å². The van der Waals surface area contributed by atoms with Gasteiger partial charge >= 0.3 is 5.97 Å². The standard InChI is InChI=1S/C17H22N2O5/c1-4-8-17(16(22)23-5-2)12-11(14(20)19(3)15(12)21)13(18-17)10-7-6-9-24-10/h6-7,9,11-13,18H,4-5,8H2,1-3H3/t11-,12-,13+,17-/m0/s1. The van der Waals surface area contributed by atoms with Crippen LogP contribution >= 0.6 is 0 Å². The van der Waals surface area contributed by atoms with Gasteiger partial charge in [-0.05, 0) is 25.5 Å². The first-order valence-electron chi connectivity index (χ1n) is 8.27. The number of imide groups is 1. The number of carbonyl (C=O) groups is 3. The molecule has 2 aliphatic rings. The van der Waals surface area contributed by atoms with Gasteiger partial charge in [-0.15, -0.1) is 0 Å². The maximum Gasteiger partial charge on any atom is 0.327 e. The van der Waals surface area contributed by atoms with E-state index >= 15 is 0 Å². The van der Waals surface area contributed by atoms with Gasteiger partial charge in [0, 0.05) is 7.05 Å². The largest absolute Gasteiger partial charge is 0.468 e. The van der Waals surface area contributed by atoms with Crippen LogP contribution in [0.25, 0.3) is 0 Å². The molecule has 1 aromatic rings. The Kier molecular flexibility index (Phi) is 4.21. The normalized spacial score (nSPS) is 32.3. The molecule has 24 heavy (non-hydrogen) atoms. The lowest BCUT2D eigenvalue weighted by Crippen LogP contribution is -2.56. The van der Waals surface area contributed by atoms with Gasteiger partial charge in [0.2, 0.25) is 11.8 Å². The fraction of sp³-hybridized carbons (Fsp3) is 0.588. The molecule has 2 fully saturated rings. The van der Waals surface area contributed by atoms with E-state index in [4.69, 9.17) is 9.15 Å². The molecule has 3 heterocycles. The smallest absolute Gasteiger partial charge is 0.327 e. The minimum atomic E-state index is -1.20. The van der Waals surface area contributed by atoms with Crippen molar-refractivity contribution in [1.29, 1.82) is 0 Å². The fourth-order valence-corrected chi connectivity index (χ4v) is 4.03. The summed E-state index contributed by atoms with van der Waals surface area (Å²) in [6.45, 7) is 3.87. The Morgan fingerprint density at radius 3 is 2.71 bits per heavy atom. The molecule has 7 heteroatoms. The van der Waals surface area contributed by atoms with Crippen LogP contribution in [0.5, 0.6) is 0 Å². The van der Waals surface area contributed by atoms with E-state index in [9.17, 15) is 14.4 Å². The summed E-state index contributed by atoms with van der Waals surface area (Å²) in [6.07, 6.45) is 2.60. The Hall–Kier alpha value is -2.15. The third kappa shape index (κ3) is 2.18. The molecule has 0 aliphatic carbocycles. The van der Waals surface area contributed by atoms with Gasteiger partial charge in [0.15, 0.2) is 0 Å². The van der Waals surface area contributed by atoms with E-state index in [1.165, 1.54) is 13.3 Å². The van der Waals surface area contributed by atoms with E-state index in [-0.39, 0.29) is 18.4 Å². The van der Waals surface area contributed by atoms with E-state index < -0.39 is 29.4 Å². The quantitative estimate of drug-likeness (QED) is 0.644. The zero-order valence-electron chi connectivity index (χ0n) is 14.1. The average Bonchev–Trinajstić information content (AvgIpc) is 3.23. The van der Waals surface area contributed by atoms with Gasteiger partial charge in [-0.25, -0.2) is 0 Å². The Labute approximate surface area is 140 Å². The second-order valence-corrected chi connectivity index (χ2v) is 6.32. The van der Waals surface area contributed by atoms with E-state index in [1.807, 2.05) is 6.92 Å². The van der Waals surface area contributed by atoms with Gasteiger partial charge in [-0.1, -0.05) is 13.3 Å². The topological polar surface area (TPSA) is 88.8 Å². The summed E-state index contributed by atoms with van der Waals surface area (Å²) >= 11 is 0. The number of nitrogens with one attached hydrogen (secondary N) is 1. The molecular formula is C17H22N2O5. The summed E-state index contributed by atoms with van der Waals surface area (Å²) < 4.78 is 10.7. The van der Waals surface area contributed by atoms with Crippen molar-refractivity contribution in [3.05, 3.63) is 24.2 Å². The first kappa shape index (κ1) is 16.7. The van der Waals surface area contributed by atoms with Gasteiger partial charge < -0.3 is 9.15 Å². The van der Waals surface area contributed by atoms with Crippen molar-refractivity contribution < 1.29 is 23.5 Å². The number of rotatable bonds is 5. The van der Waals surface area contributed by atoms with Crippen LogP contribution < -0.4 is 5.32 Å². The van der Waals surface area contributed by atoms with E-state index in [2.05, 4.69) is 5.32 Å². The molecule has 0 bridgehead atoms. The molecule has 1 aromatic heterocycles. The van der Waals surface area contributed by atoms with Crippen LogP contribution in [-0.2, 0) is 19.1 Å². The minimum Gasteiger partial charge on any atom is -0.468 e. The van der Waals surface area contributed by atoms with Gasteiger partial charge in [0.1, 0.15) is 11.3 Å². The first-order chi connectivity index (χ1) is 11.5. The Balaban J connectivity index is 2.10. The van der Waals surface area contributed by atoms with Crippen LogP contribution in [0.4, 0.5) is 0 Å². The Bertz CT molecular complexity index is 656. The highest BCUT2D eigenvalue weighted by atomic mass is 16.5. The number of nitrogens with zero attached hydrogens (tertiary/aromatic N) is 1. The molecule has 3 rings (SSSR count). The highest BCUT2D eigenvalue weighted by Gasteiger charge is 2.68. The van der Waals surface area contributed by atoms with Crippen LogP contribution in [0.2, 0.25) is 0 Å². The number of carbonyl (C=O) groups excluding carboxylic acids is 3. The van der Waals surface area contributed by atoms with Gasteiger partial charge in [-0.2, -0.15) is 0 Å². The predicted molar refractivity (Wildman–Crippen MR) is 83.6 cm³/mol. The molecule has 0 unspecified atom stereocenters. The molecule has 7 nitrogen and oxygen atoms in total. The molecule has 0 spiro atoms. The van der Waals surface area contributed by atoms with Crippen molar-refractivity contribution in [3.63, 3.8) is 0 Å². The molecule has 0 radical (unpaired) electrons. The molecular weight excluding hydrogens is 312 g/mol. The van der Waals surface area contributed by atoms with Gasteiger partial charge in [0.25, 0.3) is 0 Å². The number of likely N-dealkylation sites (tertiary alicyclic amines) is 1. The maximum absolute atomic E-state index is 12.8. The third-order valence-electron chi connectivity index (χ3n) is 5.01. The number of hydrogen-bond donors (Lipinski definition) is 1. The third-order valence-corrected chi connectivity index (χ3v) is 5.01. The summed E-state index contributed by atoms with van der Waals surface area (Å²) in [5.41, 5.74) is -1.20. The van der Waals surface area contributed by atoms with Crippen molar-refractivity contribution in [2.45, 2.75) is 38.3 Å². The SMILES string of the molecule is CCC[C@]1(C(=O)OCC)N[C@H](c2ccco2)[C@H]2C(=O)N(C)C(=O)[C@H]21. The summed E-state index contributed by atoms with van der Waals surface area (Å²) in [5.74, 6) is -2.00. The van der Waals surface area contributed by atoms with Crippen molar-refractivity contribution in [2.24, 2.45) is 11.8 Å². The number of esters is 1. The summed E-state index contributed by atoms with van der Waals surface area (Å²) in [4.78, 5) is 39.3. The monoisotopic (exact) mass is 334 g/mol. The number of furan rings is 1. The van der Waals surface area contributed by atoms with Crippen LogP contribution in [0.1, 0.15) is 38.5 Å². The number of fused-ring (bicyclic) bond motifs is 1. The van der Waals surface area contributed by atoms with Crippen LogP contribution in [0.3, 0.4) is 0 Å². The zero-order valence-corrected chi connectivity index (χ0v) is 14.1. The van der Waals surface area contributed by atoms with Crippen molar-refractivity contribution in [3.8, 4) is 0 Å². The molecule has 0 aromatic carbocycles. The Morgan fingerprint density at radius 2 is 2.12 bits per heavy atom. The second-order valence-electron chi connectivity index (χ2n) is 6.32. The highest BCUT2D eigenvalue weighted by molar-refractivity contribution is 6.09. The summed E-state index contributed by atoms with van der Waals surface area (Å²) in [6, 6.07) is 2.95. The lowest BCUT2D eigenvalue weighted by atomic mass is 9.77. The molecule has 1 N–H and O–H groups in total. The van der Waals surface area contributed by atoms with Crippen LogP contribution in [-0.4, -0.2) is 41.9 Å². The average molecular weight is 334 g/mol. The molecule has 0 saturated carbocycles. The molecule has 2 aliphatic heterocycles. The highest BCUT2D eigenvalue weighted by Crippen LogP contribution is 2.50. The van der Waals surface area contributed by atoms with Crippen molar-refractivity contribution in [1.82, 2.24) is 10.2 Å².